The minimum absolute atomic E-state index is 0.0287. The predicted octanol–water partition coefficient (Wildman–Crippen LogP) is 4.27. The Morgan fingerprint density at radius 2 is 2.04 bits per heavy atom. The summed E-state index contributed by atoms with van der Waals surface area (Å²) >= 11 is 0. The van der Waals surface area contributed by atoms with Crippen LogP contribution in [0.2, 0.25) is 0 Å². The minimum atomic E-state index is -0.831. The Labute approximate surface area is 148 Å². The van der Waals surface area contributed by atoms with Crippen LogP contribution in [0, 0.1) is 10.8 Å². The number of anilines is 1. The Bertz CT molecular complexity index is 845. The number of carbonyl (C=O) groups is 1. The van der Waals surface area contributed by atoms with E-state index in [4.69, 9.17) is 0 Å². The van der Waals surface area contributed by atoms with Crippen molar-refractivity contribution in [2.45, 2.75) is 52.5 Å². The second-order valence-electron chi connectivity index (χ2n) is 9.06. The van der Waals surface area contributed by atoms with Crippen LogP contribution in [0.15, 0.2) is 30.3 Å². The van der Waals surface area contributed by atoms with Gasteiger partial charge in [0.15, 0.2) is 0 Å². The van der Waals surface area contributed by atoms with Crippen LogP contribution in [0.1, 0.15) is 45.7 Å². The predicted molar refractivity (Wildman–Crippen MR) is 100.0 cm³/mol. The molecule has 1 aromatic heterocycles. The van der Waals surface area contributed by atoms with Crippen LogP contribution in [-0.4, -0.2) is 28.6 Å². The Balaban J connectivity index is 1.82. The van der Waals surface area contributed by atoms with Gasteiger partial charge in [-0.2, -0.15) is 0 Å². The summed E-state index contributed by atoms with van der Waals surface area (Å²) in [5.41, 5.74) is 3.39. The molecule has 2 heterocycles. The number of fused-ring (bicyclic) bond motifs is 3. The molecule has 2 aromatic rings. The Hall–Kier alpha value is -2.10. The SMILES string of the molecule is CC1(C)CC2CC(C)(CN2c2cc(CC(=O)O)nc3ccccc23)C1. The van der Waals surface area contributed by atoms with Gasteiger partial charge in [-0.3, -0.25) is 9.78 Å². The maximum absolute atomic E-state index is 11.2. The van der Waals surface area contributed by atoms with Crippen LogP contribution in [0.4, 0.5) is 5.69 Å². The first-order valence-electron chi connectivity index (χ1n) is 9.12. The van der Waals surface area contributed by atoms with E-state index < -0.39 is 5.97 Å². The summed E-state index contributed by atoms with van der Waals surface area (Å²) in [6.45, 7) is 8.20. The first-order chi connectivity index (χ1) is 11.7. The molecule has 132 valence electrons. The van der Waals surface area contributed by atoms with Gasteiger partial charge in [0.2, 0.25) is 0 Å². The first-order valence-corrected chi connectivity index (χ1v) is 9.12. The van der Waals surface area contributed by atoms with Crippen LogP contribution >= 0.6 is 0 Å². The van der Waals surface area contributed by atoms with Crippen molar-refractivity contribution in [3.05, 3.63) is 36.0 Å². The Morgan fingerprint density at radius 1 is 1.28 bits per heavy atom. The van der Waals surface area contributed by atoms with Crippen LogP contribution in [0.5, 0.6) is 0 Å². The standard InChI is InChI=1S/C21H26N2O2/c1-20(2)10-15-11-21(3,12-20)13-23(15)18-8-14(9-19(24)25)22-17-7-5-4-6-16(17)18/h4-8,15H,9-13H2,1-3H3,(H,24,25). The van der Waals surface area contributed by atoms with Crippen molar-refractivity contribution in [3.63, 3.8) is 0 Å². The molecule has 25 heavy (non-hydrogen) atoms. The lowest BCUT2D eigenvalue weighted by molar-refractivity contribution is -0.136. The fraction of sp³-hybridized carbons (Fsp3) is 0.524. The highest BCUT2D eigenvalue weighted by molar-refractivity contribution is 5.92. The number of pyridine rings is 1. The lowest BCUT2D eigenvalue weighted by atomic mass is 9.65. The van der Waals surface area contributed by atoms with Crippen LogP contribution in [0.3, 0.4) is 0 Å². The van der Waals surface area contributed by atoms with Gasteiger partial charge < -0.3 is 10.0 Å². The van der Waals surface area contributed by atoms with E-state index in [0.717, 1.165) is 23.1 Å². The van der Waals surface area contributed by atoms with Gasteiger partial charge in [0, 0.05) is 23.7 Å². The number of aromatic nitrogens is 1. The molecule has 1 saturated heterocycles. The highest BCUT2D eigenvalue weighted by Crippen LogP contribution is 2.54. The molecule has 4 nitrogen and oxygen atoms in total. The highest BCUT2D eigenvalue weighted by atomic mass is 16.4. The molecular formula is C21H26N2O2. The largest absolute Gasteiger partial charge is 0.481 e. The van der Waals surface area contributed by atoms with E-state index >= 15 is 0 Å². The van der Waals surface area contributed by atoms with E-state index in [0.29, 0.717) is 22.6 Å². The zero-order valence-corrected chi connectivity index (χ0v) is 15.2. The van der Waals surface area contributed by atoms with Gasteiger partial charge in [0.1, 0.15) is 0 Å². The molecule has 2 fully saturated rings. The van der Waals surface area contributed by atoms with E-state index in [1.165, 1.54) is 19.3 Å². The molecule has 0 amide bonds. The van der Waals surface area contributed by atoms with Gasteiger partial charge in [-0.15, -0.1) is 0 Å². The number of para-hydroxylation sites is 1. The summed E-state index contributed by atoms with van der Waals surface area (Å²) in [6, 6.07) is 10.6. The van der Waals surface area contributed by atoms with E-state index in [1.807, 2.05) is 24.3 Å². The zero-order chi connectivity index (χ0) is 17.8. The molecule has 4 heteroatoms. The average molecular weight is 338 g/mol. The number of carboxylic acid groups (broad SMARTS) is 1. The normalized spacial score (nSPS) is 27.6. The molecule has 2 aliphatic rings. The molecule has 0 radical (unpaired) electrons. The first kappa shape index (κ1) is 16.4. The number of nitrogens with zero attached hydrogens (tertiary/aromatic N) is 2. The summed E-state index contributed by atoms with van der Waals surface area (Å²) < 4.78 is 0. The van der Waals surface area contributed by atoms with Gasteiger partial charge >= 0.3 is 5.97 Å². The number of carboxylic acids is 1. The molecule has 0 spiro atoms. The van der Waals surface area contributed by atoms with Gasteiger partial charge in [0.25, 0.3) is 0 Å². The molecule has 2 unspecified atom stereocenters. The van der Waals surface area contributed by atoms with Crippen LogP contribution in [-0.2, 0) is 11.2 Å². The average Bonchev–Trinajstić information content (AvgIpc) is 2.74. The number of hydrogen-bond acceptors (Lipinski definition) is 3. The molecule has 1 saturated carbocycles. The van der Waals surface area contributed by atoms with Gasteiger partial charge in [-0.25, -0.2) is 0 Å². The fourth-order valence-electron chi connectivity index (χ4n) is 5.44. The van der Waals surface area contributed by atoms with Crippen LogP contribution in [0.25, 0.3) is 10.9 Å². The topological polar surface area (TPSA) is 53.4 Å². The summed E-state index contributed by atoms with van der Waals surface area (Å²) in [5.74, 6) is -0.831. The fourth-order valence-corrected chi connectivity index (χ4v) is 5.44. The van der Waals surface area contributed by atoms with Crippen molar-refractivity contribution >= 4 is 22.6 Å². The van der Waals surface area contributed by atoms with Crippen molar-refractivity contribution in [2.75, 3.05) is 11.4 Å². The second kappa shape index (κ2) is 5.45. The molecule has 1 N–H and O–H groups in total. The van der Waals surface area contributed by atoms with Gasteiger partial charge in [-0.1, -0.05) is 39.0 Å². The third kappa shape index (κ3) is 2.99. The van der Waals surface area contributed by atoms with Crippen molar-refractivity contribution in [1.29, 1.82) is 0 Å². The maximum atomic E-state index is 11.2. The lowest BCUT2D eigenvalue weighted by Crippen LogP contribution is -2.34. The van der Waals surface area contributed by atoms with Crippen LogP contribution < -0.4 is 4.90 Å². The quantitative estimate of drug-likeness (QED) is 0.908. The molecule has 2 bridgehead atoms. The highest BCUT2D eigenvalue weighted by Gasteiger charge is 2.49. The Kier molecular flexibility index (Phi) is 3.57. The number of hydrogen-bond donors (Lipinski definition) is 1. The summed E-state index contributed by atoms with van der Waals surface area (Å²) in [5, 5.41) is 10.3. The monoisotopic (exact) mass is 338 g/mol. The molecule has 4 rings (SSSR count). The smallest absolute Gasteiger partial charge is 0.309 e. The lowest BCUT2D eigenvalue weighted by Gasteiger charge is -2.39. The number of rotatable bonds is 3. The third-order valence-electron chi connectivity index (χ3n) is 5.80. The second-order valence-corrected chi connectivity index (χ2v) is 9.06. The summed E-state index contributed by atoms with van der Waals surface area (Å²) in [7, 11) is 0. The molecule has 1 aliphatic heterocycles. The van der Waals surface area contributed by atoms with Crippen molar-refractivity contribution in [3.8, 4) is 0 Å². The zero-order valence-electron chi connectivity index (χ0n) is 15.2. The third-order valence-corrected chi connectivity index (χ3v) is 5.80. The summed E-state index contributed by atoms with van der Waals surface area (Å²) in [4.78, 5) is 18.3. The van der Waals surface area contributed by atoms with E-state index in [-0.39, 0.29) is 6.42 Å². The number of aliphatic carboxylic acids is 1. The maximum Gasteiger partial charge on any atom is 0.309 e. The molecule has 2 atom stereocenters. The van der Waals surface area contributed by atoms with Gasteiger partial charge in [-0.05, 0) is 42.2 Å². The minimum Gasteiger partial charge on any atom is -0.481 e. The number of benzene rings is 1. The van der Waals surface area contributed by atoms with Crippen molar-refractivity contribution in [1.82, 2.24) is 4.98 Å². The van der Waals surface area contributed by atoms with Crippen molar-refractivity contribution in [2.24, 2.45) is 10.8 Å². The van der Waals surface area contributed by atoms with E-state index in [1.54, 1.807) is 0 Å². The van der Waals surface area contributed by atoms with Gasteiger partial charge in [0.05, 0.1) is 17.6 Å². The molecule has 1 aromatic carbocycles. The van der Waals surface area contributed by atoms with E-state index in [2.05, 4.69) is 36.7 Å². The molecule has 1 aliphatic carbocycles. The van der Waals surface area contributed by atoms with Crippen molar-refractivity contribution < 1.29 is 9.90 Å². The molecular weight excluding hydrogens is 312 g/mol. The Morgan fingerprint density at radius 3 is 2.80 bits per heavy atom. The summed E-state index contributed by atoms with van der Waals surface area (Å²) in [6.07, 6.45) is 3.63. The van der Waals surface area contributed by atoms with E-state index in [9.17, 15) is 9.90 Å².